The predicted molar refractivity (Wildman–Crippen MR) is 114 cm³/mol. The predicted octanol–water partition coefficient (Wildman–Crippen LogP) is 2.89. The first kappa shape index (κ1) is 20.4. The van der Waals surface area contributed by atoms with Gasteiger partial charge in [0.15, 0.2) is 0 Å². The number of nitrogens with one attached hydrogen (secondary N) is 2. The number of carboxylic acids is 1. The van der Waals surface area contributed by atoms with Crippen LogP contribution in [0.1, 0.15) is 18.4 Å². The van der Waals surface area contributed by atoms with E-state index in [-0.39, 0.29) is 12.6 Å². The largest absolute Gasteiger partial charge is 0.480 e. The van der Waals surface area contributed by atoms with E-state index >= 15 is 0 Å². The second kappa shape index (κ2) is 8.85. The van der Waals surface area contributed by atoms with Gasteiger partial charge < -0.3 is 10.4 Å². The average molecular weight is 431 g/mol. The third-order valence-electron chi connectivity index (χ3n) is 5.42. The van der Waals surface area contributed by atoms with Gasteiger partial charge in [0.25, 0.3) is 0 Å². The number of likely N-dealkylation sites (tertiary alicyclic amines) is 1. The lowest BCUT2D eigenvalue weighted by Gasteiger charge is -2.31. The molecule has 0 radical (unpaired) electrons. The van der Waals surface area contributed by atoms with Crippen molar-refractivity contribution >= 4 is 41.1 Å². The standard InChI is InChI=1S/C20H23ClN6O3/c21-15-3-1-2-4-16(15)27-11-14-10-23-19(24-18(14)25-20(27)30)22-9-13-5-7-26(8-6-13)12-17(28)29/h1-4,10,13H,5-9,11-12H2,(H,28,29)(H2,22,23,24,25,30). The lowest BCUT2D eigenvalue weighted by atomic mass is 9.97. The van der Waals surface area contributed by atoms with Gasteiger partial charge in [-0.05, 0) is 44.0 Å². The van der Waals surface area contributed by atoms with Gasteiger partial charge in [0.2, 0.25) is 5.95 Å². The number of nitrogens with zero attached hydrogens (tertiary/aromatic N) is 4. The van der Waals surface area contributed by atoms with Gasteiger partial charge in [-0.3, -0.25) is 19.9 Å². The van der Waals surface area contributed by atoms with E-state index in [4.69, 9.17) is 16.7 Å². The number of carboxylic acid groups (broad SMARTS) is 1. The molecule has 3 heterocycles. The second-order valence-corrected chi connectivity index (χ2v) is 7.94. The third kappa shape index (κ3) is 4.63. The van der Waals surface area contributed by atoms with Gasteiger partial charge in [0, 0.05) is 18.3 Å². The van der Waals surface area contributed by atoms with E-state index in [1.165, 1.54) is 0 Å². The van der Waals surface area contributed by atoms with Crippen LogP contribution in [0.15, 0.2) is 30.5 Å². The zero-order valence-electron chi connectivity index (χ0n) is 16.3. The molecule has 2 aromatic rings. The second-order valence-electron chi connectivity index (χ2n) is 7.53. The number of halogens is 1. The summed E-state index contributed by atoms with van der Waals surface area (Å²) in [5.74, 6) is 0.606. The molecule has 1 fully saturated rings. The summed E-state index contributed by atoms with van der Waals surface area (Å²) in [6.45, 7) is 2.70. The smallest absolute Gasteiger partial charge is 0.327 e. The van der Waals surface area contributed by atoms with Gasteiger partial charge in [-0.1, -0.05) is 23.7 Å². The first-order valence-electron chi connectivity index (χ1n) is 9.86. The Balaban J connectivity index is 1.35. The van der Waals surface area contributed by atoms with Gasteiger partial charge >= 0.3 is 12.0 Å². The lowest BCUT2D eigenvalue weighted by Crippen LogP contribution is -2.40. The van der Waals surface area contributed by atoms with Crippen molar-refractivity contribution in [3.8, 4) is 0 Å². The highest BCUT2D eigenvalue weighted by Crippen LogP contribution is 2.31. The molecular formula is C20H23ClN6O3. The Kier molecular flexibility index (Phi) is 6.01. The Morgan fingerprint density at radius 3 is 2.80 bits per heavy atom. The molecule has 2 aliphatic rings. The molecule has 0 bridgehead atoms. The number of hydrogen-bond acceptors (Lipinski definition) is 6. The van der Waals surface area contributed by atoms with E-state index in [2.05, 4.69) is 20.6 Å². The first-order valence-corrected chi connectivity index (χ1v) is 10.2. The van der Waals surface area contributed by atoms with E-state index in [0.29, 0.717) is 41.5 Å². The molecule has 2 amide bonds. The Morgan fingerprint density at radius 1 is 1.30 bits per heavy atom. The summed E-state index contributed by atoms with van der Waals surface area (Å²) in [4.78, 5) is 35.7. The minimum Gasteiger partial charge on any atom is -0.480 e. The SMILES string of the molecule is O=C(O)CN1CCC(CNc2ncc3c(n2)NC(=O)N(c2ccccc2Cl)C3)CC1. The maximum atomic E-state index is 12.6. The Hall–Kier alpha value is -2.91. The lowest BCUT2D eigenvalue weighted by molar-refractivity contribution is -0.138. The zero-order valence-corrected chi connectivity index (χ0v) is 17.1. The number of urea groups is 1. The molecule has 0 spiro atoms. The molecule has 3 N–H and O–H groups in total. The number of amides is 2. The van der Waals surface area contributed by atoms with Crippen LogP contribution in [-0.4, -0.2) is 58.2 Å². The van der Waals surface area contributed by atoms with Crippen molar-refractivity contribution in [2.24, 2.45) is 5.92 Å². The number of benzene rings is 1. The van der Waals surface area contributed by atoms with Crippen LogP contribution in [0, 0.1) is 5.92 Å². The van der Waals surface area contributed by atoms with Crippen molar-refractivity contribution in [1.29, 1.82) is 0 Å². The number of fused-ring (bicyclic) bond motifs is 1. The molecule has 1 aromatic heterocycles. The number of anilines is 3. The van der Waals surface area contributed by atoms with Crippen LogP contribution in [0.5, 0.6) is 0 Å². The van der Waals surface area contributed by atoms with E-state index in [1.54, 1.807) is 23.2 Å². The van der Waals surface area contributed by atoms with Crippen molar-refractivity contribution in [2.45, 2.75) is 19.4 Å². The summed E-state index contributed by atoms with van der Waals surface area (Å²) < 4.78 is 0. The first-order chi connectivity index (χ1) is 14.5. The zero-order chi connectivity index (χ0) is 21.1. The van der Waals surface area contributed by atoms with Crippen LogP contribution in [0.2, 0.25) is 5.02 Å². The Bertz CT molecular complexity index is 948. The molecule has 0 saturated carbocycles. The van der Waals surface area contributed by atoms with Crippen molar-refractivity contribution in [3.63, 3.8) is 0 Å². The number of hydrogen-bond donors (Lipinski definition) is 3. The monoisotopic (exact) mass is 430 g/mol. The van der Waals surface area contributed by atoms with Crippen molar-refractivity contribution in [3.05, 3.63) is 41.0 Å². The molecule has 1 saturated heterocycles. The molecule has 30 heavy (non-hydrogen) atoms. The summed E-state index contributed by atoms with van der Waals surface area (Å²) >= 11 is 6.23. The van der Waals surface area contributed by atoms with Crippen LogP contribution in [0.3, 0.4) is 0 Å². The molecule has 4 rings (SSSR count). The van der Waals surface area contributed by atoms with Gasteiger partial charge in [-0.25, -0.2) is 9.78 Å². The normalized spacial score (nSPS) is 17.4. The minimum atomic E-state index is -0.788. The fourth-order valence-electron chi connectivity index (χ4n) is 3.77. The van der Waals surface area contributed by atoms with Gasteiger partial charge in [0.05, 0.1) is 23.8 Å². The number of rotatable bonds is 6. The van der Waals surface area contributed by atoms with Gasteiger partial charge in [-0.2, -0.15) is 4.98 Å². The average Bonchev–Trinajstić information content (AvgIpc) is 2.73. The minimum absolute atomic E-state index is 0.0962. The number of aromatic nitrogens is 2. The number of aliphatic carboxylic acids is 1. The van der Waals surface area contributed by atoms with Crippen molar-refractivity contribution < 1.29 is 14.7 Å². The molecule has 10 heteroatoms. The molecule has 1 aromatic carbocycles. The molecule has 158 valence electrons. The number of carbonyl (C=O) groups is 2. The molecule has 9 nitrogen and oxygen atoms in total. The molecule has 0 atom stereocenters. The summed E-state index contributed by atoms with van der Waals surface area (Å²) in [6.07, 6.45) is 3.56. The molecule has 2 aliphatic heterocycles. The van der Waals surface area contributed by atoms with E-state index in [0.717, 1.165) is 31.5 Å². The fourth-order valence-corrected chi connectivity index (χ4v) is 4.01. The topological polar surface area (TPSA) is 111 Å². The van der Waals surface area contributed by atoms with Crippen LogP contribution < -0.4 is 15.5 Å². The fraction of sp³-hybridized carbons (Fsp3) is 0.400. The van der Waals surface area contributed by atoms with Crippen LogP contribution in [0.4, 0.5) is 22.2 Å². The summed E-state index contributed by atoms with van der Waals surface area (Å²) in [5, 5.41) is 15.4. The maximum Gasteiger partial charge on any atom is 0.327 e. The third-order valence-corrected chi connectivity index (χ3v) is 5.74. The highest BCUT2D eigenvalue weighted by Gasteiger charge is 2.27. The maximum absolute atomic E-state index is 12.6. The molecular weight excluding hydrogens is 408 g/mol. The summed E-state index contributed by atoms with van der Waals surface area (Å²) in [7, 11) is 0. The van der Waals surface area contributed by atoms with Gasteiger partial charge in [0.1, 0.15) is 5.82 Å². The Morgan fingerprint density at radius 2 is 2.07 bits per heavy atom. The van der Waals surface area contributed by atoms with Crippen LogP contribution >= 0.6 is 11.6 Å². The summed E-state index contributed by atoms with van der Waals surface area (Å²) in [5.41, 5.74) is 1.45. The van der Waals surface area contributed by atoms with Crippen LogP contribution in [-0.2, 0) is 11.3 Å². The number of piperidine rings is 1. The summed E-state index contributed by atoms with van der Waals surface area (Å²) in [6, 6.07) is 6.91. The highest BCUT2D eigenvalue weighted by molar-refractivity contribution is 6.34. The Labute approximate surface area is 179 Å². The van der Waals surface area contributed by atoms with E-state index in [1.807, 2.05) is 17.0 Å². The van der Waals surface area contributed by atoms with Crippen molar-refractivity contribution in [2.75, 3.05) is 41.7 Å². The molecule has 0 aliphatic carbocycles. The van der Waals surface area contributed by atoms with E-state index in [9.17, 15) is 9.59 Å². The number of para-hydroxylation sites is 1. The highest BCUT2D eigenvalue weighted by atomic mass is 35.5. The van der Waals surface area contributed by atoms with Crippen LogP contribution in [0.25, 0.3) is 0 Å². The quantitative estimate of drug-likeness (QED) is 0.646. The van der Waals surface area contributed by atoms with E-state index < -0.39 is 5.97 Å². The van der Waals surface area contributed by atoms with Gasteiger partial charge in [-0.15, -0.1) is 0 Å². The number of carbonyl (C=O) groups excluding carboxylic acids is 1. The molecule has 0 unspecified atom stereocenters. The van der Waals surface area contributed by atoms with Crippen molar-refractivity contribution in [1.82, 2.24) is 14.9 Å².